The van der Waals surface area contributed by atoms with E-state index in [2.05, 4.69) is 10.6 Å². The molecule has 3 amide bonds. The monoisotopic (exact) mass is 606 g/mol. The Hall–Kier alpha value is -4.39. The smallest absolute Gasteiger partial charge is 0.490 e. The largest absolute Gasteiger partial charge is 0.508 e. The molecule has 43 heavy (non-hydrogen) atoms. The number of nitrogens with two attached hydrogens (primary N) is 1. The summed E-state index contributed by atoms with van der Waals surface area (Å²) in [6.07, 6.45) is 2.42. The maximum Gasteiger partial charge on any atom is 0.490 e. The van der Waals surface area contributed by atoms with Crippen molar-refractivity contribution in [1.82, 2.24) is 15.5 Å². The molecule has 0 unspecified atom stereocenters. The highest BCUT2D eigenvalue weighted by Crippen LogP contribution is 2.16. The number of carbonyl (C=O) groups is 4. The van der Waals surface area contributed by atoms with Crippen LogP contribution in [0.1, 0.15) is 43.2 Å². The zero-order chi connectivity index (χ0) is 32.0. The zero-order valence-electron chi connectivity index (χ0n) is 23.7. The molecular weight excluding hydrogens is 569 g/mol. The molecule has 10 nitrogen and oxygen atoms in total. The van der Waals surface area contributed by atoms with Crippen molar-refractivity contribution in [2.45, 2.75) is 69.4 Å². The van der Waals surface area contributed by atoms with E-state index < -0.39 is 36.2 Å². The minimum atomic E-state index is -5.08. The van der Waals surface area contributed by atoms with Gasteiger partial charge >= 0.3 is 12.1 Å². The highest BCUT2D eigenvalue weighted by Gasteiger charge is 2.38. The number of phenolic OH excluding ortho intramolecular Hbond substituents is 1. The number of hydrogen-bond acceptors (Lipinski definition) is 6. The van der Waals surface area contributed by atoms with Gasteiger partial charge < -0.3 is 31.5 Å². The van der Waals surface area contributed by atoms with Crippen LogP contribution in [0.2, 0.25) is 0 Å². The fourth-order valence-corrected chi connectivity index (χ4v) is 4.18. The number of allylic oxidation sites excluding steroid dienone is 1. The van der Waals surface area contributed by atoms with Gasteiger partial charge in [0.2, 0.25) is 17.7 Å². The quantitative estimate of drug-likeness (QED) is 0.327. The number of benzene rings is 2. The molecule has 0 aromatic heterocycles. The number of likely N-dealkylation sites (N-methyl/N-ethyl adjacent to an activating group) is 1. The molecule has 1 aliphatic heterocycles. The van der Waals surface area contributed by atoms with E-state index in [1.807, 2.05) is 42.5 Å². The van der Waals surface area contributed by atoms with Crippen LogP contribution in [-0.4, -0.2) is 70.2 Å². The van der Waals surface area contributed by atoms with Gasteiger partial charge in [-0.05, 0) is 48.9 Å². The van der Waals surface area contributed by atoms with Crippen molar-refractivity contribution >= 4 is 23.7 Å². The Morgan fingerprint density at radius 1 is 1.02 bits per heavy atom. The summed E-state index contributed by atoms with van der Waals surface area (Å²) in [4.78, 5) is 49.9. The number of nitrogens with zero attached hydrogens (tertiary/aromatic N) is 1. The third kappa shape index (κ3) is 12.2. The number of aliphatic carboxylic acids is 1. The molecule has 6 N–H and O–H groups in total. The van der Waals surface area contributed by atoms with Crippen molar-refractivity contribution in [3.05, 3.63) is 77.9 Å². The number of carboxylic acids is 1. The van der Waals surface area contributed by atoms with E-state index in [9.17, 15) is 32.7 Å². The minimum absolute atomic E-state index is 0.114. The standard InChI is InChI=1S/C28H36N4O4.C2HF3O2/c1-32-25(18-20-14-16-22(33)17-15-20)27(35)31-24(26(34)30-19-21-10-6-5-7-11-21)13-9-4-2-3-8-12-23(29)28(32)36;3-2(4,5)1(6)7/h4-7,9-11,14-17,23-25,33H,2-3,8,12-13,18-19,29H2,1H3,(H,30,34)(H,31,35);(H,6,7)/b9-4+;/t23-,24-,25-;/m0./s1. The maximum atomic E-state index is 13.5. The molecule has 0 fully saturated rings. The summed E-state index contributed by atoms with van der Waals surface area (Å²) in [6, 6.07) is 13.7. The molecule has 0 saturated carbocycles. The number of carbonyl (C=O) groups excluding carboxylic acids is 3. The molecule has 234 valence electrons. The Morgan fingerprint density at radius 2 is 1.65 bits per heavy atom. The summed E-state index contributed by atoms with van der Waals surface area (Å²) in [5.41, 5.74) is 7.90. The average Bonchev–Trinajstić information content (AvgIpc) is 2.97. The third-order valence-electron chi connectivity index (χ3n) is 6.66. The summed E-state index contributed by atoms with van der Waals surface area (Å²) < 4.78 is 31.7. The van der Waals surface area contributed by atoms with Crippen LogP contribution in [0.3, 0.4) is 0 Å². The molecule has 1 heterocycles. The second-order valence-electron chi connectivity index (χ2n) is 10.0. The zero-order valence-corrected chi connectivity index (χ0v) is 23.7. The van der Waals surface area contributed by atoms with Crippen LogP contribution in [-0.2, 0) is 32.1 Å². The fourth-order valence-electron chi connectivity index (χ4n) is 4.18. The highest BCUT2D eigenvalue weighted by atomic mass is 19.4. The van der Waals surface area contributed by atoms with Crippen LogP contribution >= 0.6 is 0 Å². The Bertz CT molecular complexity index is 1240. The number of nitrogens with one attached hydrogen (secondary N) is 2. The van der Waals surface area contributed by atoms with Crippen molar-refractivity contribution in [3.63, 3.8) is 0 Å². The lowest BCUT2D eigenvalue weighted by Crippen LogP contribution is -2.56. The van der Waals surface area contributed by atoms with E-state index >= 15 is 0 Å². The SMILES string of the molecule is CN1C(=O)[C@@H](N)CCCC/C=C/C[C@@H](C(=O)NCc2ccccc2)NC(=O)[C@@H]1Cc1ccc(O)cc1.O=C(O)C(F)(F)F. The summed E-state index contributed by atoms with van der Waals surface area (Å²) in [6.45, 7) is 0.347. The Morgan fingerprint density at radius 3 is 2.26 bits per heavy atom. The molecule has 2 aromatic rings. The van der Waals surface area contributed by atoms with Gasteiger partial charge in [-0.25, -0.2) is 4.79 Å². The summed E-state index contributed by atoms with van der Waals surface area (Å²) in [7, 11) is 1.57. The van der Waals surface area contributed by atoms with Gasteiger partial charge in [0.1, 0.15) is 17.8 Å². The van der Waals surface area contributed by atoms with Crippen molar-refractivity contribution in [2.24, 2.45) is 5.73 Å². The predicted octanol–water partition coefficient (Wildman–Crippen LogP) is 3.04. The summed E-state index contributed by atoms with van der Waals surface area (Å²) >= 11 is 0. The van der Waals surface area contributed by atoms with Crippen molar-refractivity contribution in [3.8, 4) is 5.75 Å². The number of halogens is 3. The van der Waals surface area contributed by atoms with Gasteiger partial charge in [-0.3, -0.25) is 14.4 Å². The lowest BCUT2D eigenvalue weighted by atomic mass is 10.0. The molecule has 0 radical (unpaired) electrons. The topological polar surface area (TPSA) is 162 Å². The second-order valence-corrected chi connectivity index (χ2v) is 10.0. The molecule has 0 aliphatic carbocycles. The van der Waals surface area contributed by atoms with E-state index in [0.29, 0.717) is 19.4 Å². The molecule has 2 aromatic carbocycles. The molecule has 3 rings (SSSR count). The van der Waals surface area contributed by atoms with Crippen LogP contribution in [0.25, 0.3) is 0 Å². The number of aromatic hydroxyl groups is 1. The van der Waals surface area contributed by atoms with Crippen molar-refractivity contribution < 1.29 is 42.6 Å². The maximum absolute atomic E-state index is 13.5. The number of phenols is 1. The van der Waals surface area contributed by atoms with Crippen molar-refractivity contribution in [2.75, 3.05) is 7.05 Å². The lowest BCUT2D eigenvalue weighted by molar-refractivity contribution is -0.192. The van der Waals surface area contributed by atoms with Crippen LogP contribution in [0.15, 0.2) is 66.7 Å². The van der Waals surface area contributed by atoms with Gasteiger partial charge in [0.25, 0.3) is 0 Å². The van der Waals surface area contributed by atoms with Gasteiger partial charge in [-0.1, -0.05) is 61.0 Å². The van der Waals surface area contributed by atoms with Gasteiger partial charge in [-0.15, -0.1) is 0 Å². The first-order valence-corrected chi connectivity index (χ1v) is 13.7. The van der Waals surface area contributed by atoms with Crippen LogP contribution in [0, 0.1) is 0 Å². The van der Waals surface area contributed by atoms with Crippen molar-refractivity contribution in [1.29, 1.82) is 0 Å². The van der Waals surface area contributed by atoms with Gasteiger partial charge in [0, 0.05) is 20.0 Å². The number of hydrogen-bond donors (Lipinski definition) is 5. The first-order valence-electron chi connectivity index (χ1n) is 13.7. The first kappa shape index (κ1) is 34.8. The van der Waals surface area contributed by atoms with E-state index in [-0.39, 0.29) is 24.0 Å². The van der Waals surface area contributed by atoms with E-state index in [0.717, 1.165) is 30.4 Å². The van der Waals surface area contributed by atoms with Crippen LogP contribution in [0.4, 0.5) is 13.2 Å². The summed E-state index contributed by atoms with van der Waals surface area (Å²) in [5, 5.41) is 22.5. The number of carboxylic acid groups (broad SMARTS) is 1. The molecule has 0 bridgehead atoms. The fraction of sp³-hybridized carbons (Fsp3) is 0.400. The molecule has 1 aliphatic rings. The number of amides is 3. The predicted molar refractivity (Wildman–Crippen MR) is 152 cm³/mol. The third-order valence-corrected chi connectivity index (χ3v) is 6.66. The average molecular weight is 607 g/mol. The first-order chi connectivity index (χ1) is 20.3. The van der Waals surface area contributed by atoms with E-state index in [4.69, 9.17) is 15.6 Å². The van der Waals surface area contributed by atoms with E-state index in [1.165, 1.54) is 17.0 Å². The second kappa shape index (κ2) is 16.9. The Kier molecular flexibility index (Phi) is 13.7. The normalized spacial score (nSPS) is 21.0. The van der Waals surface area contributed by atoms with Gasteiger partial charge in [0.05, 0.1) is 6.04 Å². The van der Waals surface area contributed by atoms with Gasteiger partial charge in [-0.2, -0.15) is 13.2 Å². The Labute approximate surface area is 247 Å². The molecule has 3 atom stereocenters. The lowest BCUT2D eigenvalue weighted by Gasteiger charge is -2.31. The number of rotatable bonds is 5. The van der Waals surface area contributed by atoms with Crippen LogP contribution in [0.5, 0.6) is 5.75 Å². The van der Waals surface area contributed by atoms with E-state index in [1.54, 1.807) is 19.2 Å². The van der Waals surface area contributed by atoms with Crippen LogP contribution < -0.4 is 16.4 Å². The Balaban J connectivity index is 0.000000821. The highest BCUT2D eigenvalue weighted by molar-refractivity contribution is 5.93. The number of alkyl halides is 3. The molecule has 0 saturated heterocycles. The molecule has 13 heteroatoms. The molecular formula is C30H37F3N4O6. The van der Waals surface area contributed by atoms with Gasteiger partial charge in [0.15, 0.2) is 0 Å². The molecule has 0 spiro atoms. The minimum Gasteiger partial charge on any atom is -0.508 e. The summed E-state index contributed by atoms with van der Waals surface area (Å²) in [5.74, 6) is -3.68.